The fourth-order valence-corrected chi connectivity index (χ4v) is 5.09. The van der Waals surface area contributed by atoms with Gasteiger partial charge in [-0.2, -0.15) is 13.2 Å². The van der Waals surface area contributed by atoms with Crippen LogP contribution in [-0.2, 0) is 4.79 Å². The number of amides is 3. The summed E-state index contributed by atoms with van der Waals surface area (Å²) < 4.78 is 51.0. The lowest BCUT2D eigenvalue weighted by molar-refractivity contribution is -0.127. The van der Waals surface area contributed by atoms with Crippen molar-refractivity contribution in [2.75, 3.05) is 18.0 Å². The van der Waals surface area contributed by atoms with Crippen molar-refractivity contribution in [3.05, 3.63) is 46.3 Å². The number of nitrogens with zero attached hydrogens (tertiary/aromatic N) is 2. The fraction of sp³-hybridized carbons (Fsp3) is 0.478. The molecule has 8 nitrogen and oxygen atoms in total. The number of hydrogen-bond donors (Lipinski definition) is 3. The number of hydrogen-bond acceptors (Lipinski definition) is 4. The second kappa shape index (κ2) is 9.72. The highest BCUT2D eigenvalue weighted by Gasteiger charge is 2.49. The fourth-order valence-electron chi connectivity index (χ4n) is 4.84. The Morgan fingerprint density at radius 1 is 1.22 bits per heavy atom. The van der Waals surface area contributed by atoms with E-state index in [2.05, 4.69) is 15.3 Å². The van der Waals surface area contributed by atoms with Crippen LogP contribution in [0.1, 0.15) is 58.6 Å². The molecule has 0 bridgehead atoms. The van der Waals surface area contributed by atoms with Crippen LogP contribution in [0.25, 0.3) is 0 Å². The Kier molecular flexibility index (Phi) is 7.00. The molecule has 1 aromatic heterocycles. The van der Waals surface area contributed by atoms with E-state index in [1.54, 1.807) is 23.2 Å². The lowest BCUT2D eigenvalue weighted by Gasteiger charge is -2.36. The molecule has 1 spiro atoms. The number of alkyl halides is 3. The average molecular weight is 530 g/mol. The van der Waals surface area contributed by atoms with E-state index in [4.69, 9.17) is 11.6 Å². The molecule has 2 aromatic rings. The SMILES string of the molecule is Cc1cc(N2CCC3(CCC(NC(=O)c4nc[nH]c4C(=O)NCC(F)(F)F)CC3)C2=O)c(Cl)cc1F. The summed E-state index contributed by atoms with van der Waals surface area (Å²) in [6.45, 7) is 0.513. The highest BCUT2D eigenvalue weighted by molar-refractivity contribution is 6.34. The molecular weight excluding hydrogens is 506 g/mol. The largest absolute Gasteiger partial charge is 0.405 e. The van der Waals surface area contributed by atoms with Crippen molar-refractivity contribution in [3.8, 4) is 0 Å². The smallest absolute Gasteiger partial charge is 0.348 e. The van der Waals surface area contributed by atoms with Gasteiger partial charge in [-0.1, -0.05) is 11.6 Å². The maximum absolute atomic E-state index is 13.8. The van der Waals surface area contributed by atoms with Crippen molar-refractivity contribution in [1.29, 1.82) is 0 Å². The van der Waals surface area contributed by atoms with Crippen LogP contribution in [0.15, 0.2) is 18.5 Å². The lowest BCUT2D eigenvalue weighted by atomic mass is 9.71. The van der Waals surface area contributed by atoms with Crippen LogP contribution < -0.4 is 15.5 Å². The Morgan fingerprint density at radius 3 is 2.58 bits per heavy atom. The number of carbonyl (C=O) groups is 3. The summed E-state index contributed by atoms with van der Waals surface area (Å²) in [5.41, 5.74) is -0.416. The molecule has 2 fully saturated rings. The maximum Gasteiger partial charge on any atom is 0.405 e. The zero-order chi connectivity index (χ0) is 26.3. The van der Waals surface area contributed by atoms with Crippen molar-refractivity contribution in [1.82, 2.24) is 20.6 Å². The van der Waals surface area contributed by atoms with Gasteiger partial charge in [0.15, 0.2) is 5.69 Å². The quantitative estimate of drug-likeness (QED) is 0.511. The summed E-state index contributed by atoms with van der Waals surface area (Å²) in [5.74, 6) is -2.32. The molecule has 4 rings (SSSR count). The van der Waals surface area contributed by atoms with E-state index in [0.717, 1.165) is 6.33 Å². The zero-order valence-corrected chi connectivity index (χ0v) is 20.0. The molecular formula is C23H24ClF4N5O3. The number of anilines is 1. The van der Waals surface area contributed by atoms with Crippen molar-refractivity contribution < 1.29 is 31.9 Å². The first-order valence-electron chi connectivity index (χ1n) is 11.4. The predicted octanol–water partition coefficient (Wildman–Crippen LogP) is 3.90. The van der Waals surface area contributed by atoms with Crippen LogP contribution in [-0.4, -0.2) is 53.0 Å². The van der Waals surface area contributed by atoms with E-state index < -0.39 is 35.8 Å². The number of carbonyl (C=O) groups excluding carboxylic acids is 3. The number of aromatic amines is 1. The van der Waals surface area contributed by atoms with Gasteiger partial charge in [-0.15, -0.1) is 0 Å². The van der Waals surface area contributed by atoms with E-state index >= 15 is 0 Å². The number of benzene rings is 1. The van der Waals surface area contributed by atoms with Gasteiger partial charge in [-0.3, -0.25) is 14.4 Å². The standard InChI is InChI=1S/C23H24ClF4N5O3/c1-12-8-16(14(24)9-15(12)25)33-7-6-22(21(33)36)4-2-13(3-5-22)32-20(35)18-17(30-11-31-18)19(34)29-10-23(26,27)28/h8-9,11,13H,2-7,10H2,1H3,(H,29,34)(H,30,31)(H,32,35). The second-order valence-corrected chi connectivity index (χ2v) is 9.62. The first-order valence-corrected chi connectivity index (χ1v) is 11.7. The number of aryl methyl sites for hydroxylation is 1. The maximum atomic E-state index is 13.8. The molecule has 2 heterocycles. The zero-order valence-electron chi connectivity index (χ0n) is 19.3. The van der Waals surface area contributed by atoms with Crippen LogP contribution in [0, 0.1) is 18.2 Å². The molecule has 36 heavy (non-hydrogen) atoms. The molecule has 0 atom stereocenters. The molecule has 3 N–H and O–H groups in total. The Balaban J connectivity index is 1.37. The van der Waals surface area contributed by atoms with Gasteiger partial charge >= 0.3 is 6.18 Å². The number of aromatic nitrogens is 2. The third-order valence-corrected chi connectivity index (χ3v) is 7.14. The van der Waals surface area contributed by atoms with Crippen molar-refractivity contribution in [2.45, 2.75) is 51.2 Å². The molecule has 1 saturated heterocycles. The van der Waals surface area contributed by atoms with Gasteiger partial charge in [0, 0.05) is 12.6 Å². The first-order chi connectivity index (χ1) is 16.9. The number of rotatable bonds is 5. The summed E-state index contributed by atoms with van der Waals surface area (Å²) in [5, 5.41) is 4.63. The molecule has 1 aromatic carbocycles. The molecule has 0 unspecified atom stereocenters. The molecule has 2 aliphatic rings. The number of nitrogens with one attached hydrogen (secondary N) is 3. The van der Waals surface area contributed by atoms with Gasteiger partial charge in [-0.25, -0.2) is 9.37 Å². The van der Waals surface area contributed by atoms with Crippen LogP contribution in [0.4, 0.5) is 23.2 Å². The Bertz CT molecular complexity index is 1190. The molecule has 3 amide bonds. The summed E-state index contributed by atoms with van der Waals surface area (Å²) in [6.07, 6.45) is -0.952. The molecule has 194 valence electrons. The minimum Gasteiger partial charge on any atom is -0.348 e. The van der Waals surface area contributed by atoms with Crippen molar-refractivity contribution in [3.63, 3.8) is 0 Å². The van der Waals surface area contributed by atoms with E-state index in [1.807, 2.05) is 0 Å². The Labute approximate surface area is 208 Å². The number of imidazole rings is 1. The minimum atomic E-state index is -4.59. The third kappa shape index (κ3) is 5.18. The minimum absolute atomic E-state index is 0.0869. The number of H-pyrrole nitrogens is 1. The van der Waals surface area contributed by atoms with Gasteiger partial charge in [0.1, 0.15) is 18.1 Å². The van der Waals surface area contributed by atoms with E-state index in [1.165, 1.54) is 6.07 Å². The molecule has 13 heteroatoms. The topological polar surface area (TPSA) is 107 Å². The van der Waals surface area contributed by atoms with E-state index in [9.17, 15) is 31.9 Å². The Hall–Kier alpha value is -3.15. The molecule has 1 aliphatic carbocycles. The third-order valence-electron chi connectivity index (χ3n) is 6.84. The lowest BCUT2D eigenvalue weighted by Crippen LogP contribution is -2.44. The van der Waals surface area contributed by atoms with Gasteiger partial charge in [0.2, 0.25) is 5.91 Å². The van der Waals surface area contributed by atoms with E-state index in [-0.39, 0.29) is 28.4 Å². The van der Waals surface area contributed by atoms with Gasteiger partial charge in [-0.05, 0) is 56.7 Å². The van der Waals surface area contributed by atoms with Gasteiger partial charge < -0.3 is 20.5 Å². The highest BCUT2D eigenvalue weighted by atomic mass is 35.5. The summed E-state index contributed by atoms with van der Waals surface area (Å²) in [4.78, 5) is 45.9. The van der Waals surface area contributed by atoms with Crippen molar-refractivity contribution in [2.24, 2.45) is 5.41 Å². The second-order valence-electron chi connectivity index (χ2n) is 9.21. The molecule has 1 saturated carbocycles. The number of halogens is 5. The average Bonchev–Trinajstić information content (AvgIpc) is 3.42. The normalized spacial score (nSPS) is 22.2. The van der Waals surface area contributed by atoms with Crippen molar-refractivity contribution >= 4 is 35.0 Å². The first kappa shape index (κ1) is 25.9. The van der Waals surface area contributed by atoms with Gasteiger partial charge in [0.05, 0.1) is 22.5 Å². The monoisotopic (exact) mass is 529 g/mol. The summed E-state index contributed by atoms with van der Waals surface area (Å²) >= 11 is 6.21. The van der Waals surface area contributed by atoms with Crippen LogP contribution in [0.2, 0.25) is 5.02 Å². The molecule has 0 radical (unpaired) electrons. The summed E-state index contributed by atoms with van der Waals surface area (Å²) in [7, 11) is 0. The van der Waals surface area contributed by atoms with Gasteiger partial charge in [0.25, 0.3) is 11.8 Å². The van der Waals surface area contributed by atoms with Crippen LogP contribution in [0.3, 0.4) is 0 Å². The van der Waals surface area contributed by atoms with E-state index in [0.29, 0.717) is 49.9 Å². The van der Waals surface area contributed by atoms with Crippen LogP contribution in [0.5, 0.6) is 0 Å². The highest BCUT2D eigenvalue weighted by Crippen LogP contribution is 2.47. The predicted molar refractivity (Wildman–Crippen MR) is 122 cm³/mol. The summed E-state index contributed by atoms with van der Waals surface area (Å²) in [6, 6.07) is 2.46. The Morgan fingerprint density at radius 2 is 1.92 bits per heavy atom. The molecule has 1 aliphatic heterocycles. The van der Waals surface area contributed by atoms with Crippen LogP contribution >= 0.6 is 11.6 Å².